The lowest BCUT2D eigenvalue weighted by Gasteiger charge is -2.09. The Morgan fingerprint density at radius 3 is 2.29 bits per heavy atom. The van der Waals surface area contributed by atoms with Crippen molar-refractivity contribution in [3.8, 4) is 0 Å². The summed E-state index contributed by atoms with van der Waals surface area (Å²) in [5, 5.41) is 2.13. The zero-order valence-corrected chi connectivity index (χ0v) is 9.60. The number of carbonyl (C=O) groups excluding carboxylic acids is 3. The lowest BCUT2D eigenvalue weighted by molar-refractivity contribution is -0.148. The van der Waals surface area contributed by atoms with Crippen LogP contribution in [0.2, 0.25) is 0 Å². The number of amides is 2. The summed E-state index contributed by atoms with van der Waals surface area (Å²) in [6.07, 6.45) is 0. The third kappa shape index (κ3) is 3.41. The molecule has 0 fully saturated rings. The summed E-state index contributed by atoms with van der Waals surface area (Å²) in [7, 11) is 1.19. The van der Waals surface area contributed by atoms with Gasteiger partial charge in [0.1, 0.15) is 5.92 Å². The number of hydrogen-bond donors (Lipinski definition) is 1. The number of rotatable bonds is 3. The van der Waals surface area contributed by atoms with Crippen molar-refractivity contribution in [1.82, 2.24) is 5.32 Å². The highest BCUT2D eigenvalue weighted by Crippen LogP contribution is 2.01. The van der Waals surface area contributed by atoms with Gasteiger partial charge in [-0.25, -0.2) is 0 Å². The second kappa shape index (κ2) is 5.79. The molecule has 0 saturated heterocycles. The normalized spacial score (nSPS) is 11.4. The van der Waals surface area contributed by atoms with Crippen LogP contribution in [0.15, 0.2) is 30.3 Å². The zero-order valence-electron chi connectivity index (χ0n) is 9.60. The first kappa shape index (κ1) is 12.9. The SMILES string of the molecule is COC(=O)C(C)C(=O)NC(=O)c1ccccc1. The third-order valence-electron chi connectivity index (χ3n) is 2.22. The van der Waals surface area contributed by atoms with Crippen LogP contribution in [0.3, 0.4) is 0 Å². The van der Waals surface area contributed by atoms with Crippen LogP contribution in [-0.2, 0) is 14.3 Å². The van der Waals surface area contributed by atoms with Crippen molar-refractivity contribution in [2.75, 3.05) is 7.11 Å². The maximum Gasteiger partial charge on any atom is 0.317 e. The molecule has 0 spiro atoms. The number of esters is 1. The quantitative estimate of drug-likeness (QED) is 0.620. The van der Waals surface area contributed by atoms with Crippen LogP contribution in [0.5, 0.6) is 0 Å². The molecule has 0 saturated carbocycles. The topological polar surface area (TPSA) is 72.5 Å². The van der Waals surface area contributed by atoms with E-state index in [1.807, 2.05) is 0 Å². The van der Waals surface area contributed by atoms with E-state index in [-0.39, 0.29) is 0 Å². The first-order valence-electron chi connectivity index (χ1n) is 5.04. The second-order valence-electron chi connectivity index (χ2n) is 3.43. The fourth-order valence-corrected chi connectivity index (χ4v) is 1.17. The molecule has 90 valence electrons. The predicted octanol–water partition coefficient (Wildman–Crippen LogP) is 0.752. The van der Waals surface area contributed by atoms with E-state index in [2.05, 4.69) is 10.1 Å². The van der Waals surface area contributed by atoms with Crippen LogP contribution in [0.25, 0.3) is 0 Å². The molecule has 5 nitrogen and oxygen atoms in total. The number of hydrogen-bond acceptors (Lipinski definition) is 4. The van der Waals surface area contributed by atoms with Gasteiger partial charge in [-0.3, -0.25) is 19.7 Å². The van der Waals surface area contributed by atoms with Gasteiger partial charge in [-0.05, 0) is 19.1 Å². The summed E-state index contributed by atoms with van der Waals surface area (Å²) in [5.41, 5.74) is 0.359. The minimum Gasteiger partial charge on any atom is -0.468 e. The van der Waals surface area contributed by atoms with E-state index in [9.17, 15) is 14.4 Å². The van der Waals surface area contributed by atoms with E-state index in [4.69, 9.17) is 0 Å². The molecular weight excluding hydrogens is 222 g/mol. The third-order valence-corrected chi connectivity index (χ3v) is 2.22. The molecule has 1 aromatic rings. The van der Waals surface area contributed by atoms with Gasteiger partial charge in [-0.1, -0.05) is 18.2 Å². The molecule has 1 atom stereocenters. The monoisotopic (exact) mass is 235 g/mol. The van der Waals surface area contributed by atoms with Gasteiger partial charge in [-0.2, -0.15) is 0 Å². The highest BCUT2D eigenvalue weighted by molar-refractivity contribution is 6.09. The van der Waals surface area contributed by atoms with Crippen LogP contribution < -0.4 is 5.32 Å². The Bertz CT molecular complexity index is 427. The Morgan fingerprint density at radius 1 is 1.18 bits per heavy atom. The second-order valence-corrected chi connectivity index (χ2v) is 3.43. The van der Waals surface area contributed by atoms with Gasteiger partial charge < -0.3 is 4.74 Å². The number of benzene rings is 1. The standard InChI is InChI=1S/C12H13NO4/c1-8(12(16)17-2)10(14)13-11(15)9-6-4-3-5-7-9/h3-8H,1-2H3,(H,13,14,15). The van der Waals surface area contributed by atoms with E-state index in [0.717, 1.165) is 0 Å². The summed E-state index contributed by atoms with van der Waals surface area (Å²) in [4.78, 5) is 34.2. The summed E-state index contributed by atoms with van der Waals surface area (Å²) >= 11 is 0. The Labute approximate surface area is 98.8 Å². The van der Waals surface area contributed by atoms with Crippen molar-refractivity contribution in [2.45, 2.75) is 6.92 Å². The van der Waals surface area contributed by atoms with Gasteiger partial charge in [0.05, 0.1) is 7.11 Å². The van der Waals surface area contributed by atoms with Gasteiger partial charge in [-0.15, -0.1) is 0 Å². The highest BCUT2D eigenvalue weighted by Gasteiger charge is 2.23. The highest BCUT2D eigenvalue weighted by atomic mass is 16.5. The van der Waals surface area contributed by atoms with Gasteiger partial charge in [0.2, 0.25) is 5.91 Å². The predicted molar refractivity (Wildman–Crippen MR) is 60.1 cm³/mol. The van der Waals surface area contributed by atoms with E-state index in [0.29, 0.717) is 5.56 Å². The van der Waals surface area contributed by atoms with Crippen LogP contribution in [0, 0.1) is 5.92 Å². The fourth-order valence-electron chi connectivity index (χ4n) is 1.17. The molecule has 0 aromatic heterocycles. The van der Waals surface area contributed by atoms with Crippen LogP contribution in [0.1, 0.15) is 17.3 Å². The first-order valence-corrected chi connectivity index (χ1v) is 5.04. The molecule has 5 heteroatoms. The van der Waals surface area contributed by atoms with E-state index < -0.39 is 23.7 Å². The van der Waals surface area contributed by atoms with E-state index in [1.165, 1.54) is 14.0 Å². The summed E-state index contributed by atoms with van der Waals surface area (Å²) in [6.45, 7) is 1.37. The summed E-state index contributed by atoms with van der Waals surface area (Å²) < 4.78 is 4.41. The molecule has 1 unspecified atom stereocenters. The van der Waals surface area contributed by atoms with E-state index in [1.54, 1.807) is 30.3 Å². The molecule has 0 heterocycles. The number of carbonyl (C=O) groups is 3. The van der Waals surface area contributed by atoms with E-state index >= 15 is 0 Å². The van der Waals surface area contributed by atoms with Crippen molar-refractivity contribution < 1.29 is 19.1 Å². The maximum absolute atomic E-state index is 11.6. The molecule has 0 radical (unpaired) electrons. The summed E-state index contributed by atoms with van der Waals surface area (Å²) in [5.74, 6) is -2.90. The van der Waals surface area contributed by atoms with Crippen LogP contribution in [-0.4, -0.2) is 24.9 Å². The van der Waals surface area contributed by atoms with Gasteiger partial charge in [0.25, 0.3) is 5.91 Å². The average molecular weight is 235 g/mol. The molecule has 0 bridgehead atoms. The Balaban J connectivity index is 2.64. The minimum absolute atomic E-state index is 0.359. The Morgan fingerprint density at radius 2 is 1.76 bits per heavy atom. The zero-order chi connectivity index (χ0) is 12.8. The Hall–Kier alpha value is -2.17. The lowest BCUT2D eigenvalue weighted by Crippen LogP contribution is -2.38. The molecule has 0 aliphatic carbocycles. The molecule has 0 aliphatic heterocycles. The molecule has 0 aliphatic rings. The van der Waals surface area contributed by atoms with Crippen LogP contribution in [0.4, 0.5) is 0 Å². The molecule has 1 N–H and O–H groups in total. The van der Waals surface area contributed by atoms with Gasteiger partial charge in [0.15, 0.2) is 0 Å². The van der Waals surface area contributed by atoms with Crippen molar-refractivity contribution in [3.63, 3.8) is 0 Å². The van der Waals surface area contributed by atoms with Gasteiger partial charge >= 0.3 is 5.97 Å². The molecule has 17 heavy (non-hydrogen) atoms. The van der Waals surface area contributed by atoms with Crippen molar-refractivity contribution in [3.05, 3.63) is 35.9 Å². The summed E-state index contributed by atoms with van der Waals surface area (Å²) in [6, 6.07) is 8.28. The maximum atomic E-state index is 11.6. The fraction of sp³-hybridized carbons (Fsp3) is 0.250. The van der Waals surface area contributed by atoms with Crippen molar-refractivity contribution in [2.24, 2.45) is 5.92 Å². The average Bonchev–Trinajstić information content (AvgIpc) is 2.37. The molecule has 1 rings (SSSR count). The number of imide groups is 1. The largest absolute Gasteiger partial charge is 0.468 e. The van der Waals surface area contributed by atoms with Crippen molar-refractivity contribution >= 4 is 17.8 Å². The Kier molecular flexibility index (Phi) is 4.39. The van der Waals surface area contributed by atoms with Gasteiger partial charge in [0, 0.05) is 5.56 Å². The number of ether oxygens (including phenoxy) is 1. The minimum atomic E-state index is -1.01. The van der Waals surface area contributed by atoms with Crippen molar-refractivity contribution in [1.29, 1.82) is 0 Å². The smallest absolute Gasteiger partial charge is 0.317 e. The lowest BCUT2D eigenvalue weighted by atomic mass is 10.1. The number of nitrogens with one attached hydrogen (secondary N) is 1. The molecular formula is C12H13NO4. The van der Waals surface area contributed by atoms with Crippen LogP contribution >= 0.6 is 0 Å². The number of methoxy groups -OCH3 is 1. The molecule has 2 amide bonds. The first-order chi connectivity index (χ1) is 8.06. The molecule has 1 aromatic carbocycles.